The zero-order valence-electron chi connectivity index (χ0n) is 14.5. The average Bonchev–Trinajstić information content (AvgIpc) is 3.16. The van der Waals surface area contributed by atoms with Crippen LogP contribution in [-0.2, 0) is 9.47 Å². The fourth-order valence-electron chi connectivity index (χ4n) is 3.94. The molecule has 144 valence electrons. The zero-order chi connectivity index (χ0) is 18.6. The van der Waals surface area contributed by atoms with E-state index in [0.29, 0.717) is 32.8 Å². The Balaban J connectivity index is 1.30. The molecule has 4 aliphatic heterocycles. The highest BCUT2D eigenvalue weighted by molar-refractivity contribution is 5.90. The third-order valence-electron chi connectivity index (χ3n) is 5.32. The molecular weight excluding hydrogens is 360 g/mol. The normalized spacial score (nSPS) is 25.5. The Morgan fingerprint density at radius 3 is 2.56 bits per heavy atom. The molecule has 8 nitrogen and oxygen atoms in total. The van der Waals surface area contributed by atoms with Crippen LogP contribution in [0.5, 0.6) is 0 Å². The van der Waals surface area contributed by atoms with Crippen molar-refractivity contribution in [3.8, 4) is 0 Å². The monoisotopic (exact) mass is 379 g/mol. The fraction of sp³-hybridized carbons (Fsp3) is 0.471. The number of carbonyl (C=O) groups is 1. The summed E-state index contributed by atoms with van der Waals surface area (Å²) >= 11 is 0. The number of cyclic esters (lactones) is 1. The Morgan fingerprint density at radius 2 is 1.96 bits per heavy atom. The highest BCUT2D eigenvalue weighted by Gasteiger charge is 2.50. The molecule has 2 N–H and O–H groups in total. The highest BCUT2D eigenvalue weighted by atomic mass is 19.1. The molecule has 0 bridgehead atoms. The lowest BCUT2D eigenvalue weighted by molar-refractivity contribution is -0.127. The van der Waals surface area contributed by atoms with Gasteiger partial charge in [-0.25, -0.2) is 13.6 Å². The molecule has 3 saturated heterocycles. The van der Waals surface area contributed by atoms with Crippen molar-refractivity contribution in [2.24, 2.45) is 5.41 Å². The Bertz CT molecular complexity index is 785. The van der Waals surface area contributed by atoms with E-state index in [1.807, 2.05) is 0 Å². The van der Waals surface area contributed by atoms with Crippen molar-refractivity contribution in [3.63, 3.8) is 0 Å². The van der Waals surface area contributed by atoms with Crippen LogP contribution < -0.4 is 20.8 Å². The summed E-state index contributed by atoms with van der Waals surface area (Å²) in [5, 5.41) is 1.72. The van der Waals surface area contributed by atoms with Crippen LogP contribution in [0.1, 0.15) is 0 Å². The Morgan fingerprint density at radius 1 is 1.22 bits per heavy atom. The van der Waals surface area contributed by atoms with Gasteiger partial charge in [-0.15, -0.1) is 5.53 Å². The first-order valence-electron chi connectivity index (χ1n) is 8.77. The van der Waals surface area contributed by atoms with Crippen LogP contribution in [0, 0.1) is 17.0 Å². The van der Waals surface area contributed by atoms with Gasteiger partial charge in [-0.3, -0.25) is 9.91 Å². The first kappa shape index (κ1) is 16.6. The second-order valence-electron chi connectivity index (χ2n) is 7.45. The number of hydrazine groups is 2. The lowest BCUT2D eigenvalue weighted by Crippen LogP contribution is -2.66. The van der Waals surface area contributed by atoms with Crippen molar-refractivity contribution in [3.05, 3.63) is 36.2 Å². The number of carbonyl (C=O) groups excluding carboxylic acids is 1. The quantitative estimate of drug-likeness (QED) is 0.806. The summed E-state index contributed by atoms with van der Waals surface area (Å²) in [6, 6.07) is 2.39. The molecule has 5 rings (SSSR count). The Labute approximate surface area is 154 Å². The number of amides is 1. The minimum atomic E-state index is -0.676. The summed E-state index contributed by atoms with van der Waals surface area (Å²) in [6.45, 7) is 3.07. The van der Waals surface area contributed by atoms with Crippen molar-refractivity contribution in [1.29, 1.82) is 0 Å². The van der Waals surface area contributed by atoms with E-state index in [0.717, 1.165) is 0 Å². The number of hydrogen-bond acceptors (Lipinski definition) is 7. The molecule has 0 aromatic heterocycles. The molecule has 27 heavy (non-hydrogen) atoms. The van der Waals surface area contributed by atoms with Gasteiger partial charge in [-0.1, -0.05) is 0 Å². The smallest absolute Gasteiger partial charge is 0.414 e. The molecule has 4 heterocycles. The summed E-state index contributed by atoms with van der Waals surface area (Å²) in [7, 11) is 0. The van der Waals surface area contributed by atoms with Gasteiger partial charge in [0.15, 0.2) is 11.6 Å². The molecule has 1 aromatic rings. The van der Waals surface area contributed by atoms with Gasteiger partial charge in [0, 0.05) is 37.6 Å². The number of ether oxygens (including phenoxy) is 2. The van der Waals surface area contributed by atoms with Gasteiger partial charge < -0.3 is 19.8 Å². The van der Waals surface area contributed by atoms with Gasteiger partial charge in [0.1, 0.15) is 11.8 Å². The molecule has 0 saturated carbocycles. The molecule has 1 spiro atoms. The predicted molar refractivity (Wildman–Crippen MR) is 91.6 cm³/mol. The lowest BCUT2D eigenvalue weighted by Gasteiger charge is -2.56. The Kier molecular flexibility index (Phi) is 3.66. The second kappa shape index (κ2) is 5.96. The Hall–Kier alpha value is -2.59. The van der Waals surface area contributed by atoms with E-state index in [2.05, 4.69) is 11.0 Å². The second-order valence-corrected chi connectivity index (χ2v) is 7.45. The third kappa shape index (κ3) is 2.76. The van der Waals surface area contributed by atoms with E-state index in [-0.39, 0.29) is 23.3 Å². The molecule has 0 radical (unpaired) electrons. The van der Waals surface area contributed by atoms with Crippen LogP contribution in [-0.4, -0.2) is 56.6 Å². The van der Waals surface area contributed by atoms with Gasteiger partial charge in [-0.05, 0) is 0 Å². The largest absolute Gasteiger partial charge is 0.442 e. The van der Waals surface area contributed by atoms with Crippen molar-refractivity contribution < 1.29 is 23.0 Å². The number of hydrogen-bond donors (Lipinski definition) is 2. The van der Waals surface area contributed by atoms with Crippen LogP contribution in [0.15, 0.2) is 24.5 Å². The molecule has 1 aromatic carbocycles. The van der Waals surface area contributed by atoms with Crippen LogP contribution in [0.3, 0.4) is 0 Å². The predicted octanol–water partition coefficient (Wildman–Crippen LogP) is 0.923. The van der Waals surface area contributed by atoms with Gasteiger partial charge in [-0.2, -0.15) is 0 Å². The average molecular weight is 379 g/mol. The first-order valence-corrected chi connectivity index (χ1v) is 8.77. The standard InChI is InChI=1S/C17H19F2N5O3/c18-13-3-11(4-14(19)15(13)22-7-17(8-22)9-26-10-17)24-6-12(27-16(24)25)5-23-2-1-20-21-23/h1-4,12,20-21H,5-10H2/t12-/m0/s1. The van der Waals surface area contributed by atoms with Crippen LogP contribution >= 0.6 is 0 Å². The van der Waals surface area contributed by atoms with Crippen molar-refractivity contribution in [1.82, 2.24) is 16.0 Å². The summed E-state index contributed by atoms with van der Waals surface area (Å²) in [6.07, 6.45) is 2.43. The number of anilines is 2. The molecule has 0 aliphatic carbocycles. The van der Waals surface area contributed by atoms with Crippen LogP contribution in [0.25, 0.3) is 0 Å². The minimum absolute atomic E-state index is 0.0436. The van der Waals surface area contributed by atoms with Crippen molar-refractivity contribution >= 4 is 17.5 Å². The number of halogens is 2. The SMILES string of the molecule is O=C1O[C@@H](CN2C=CNN2)CN1c1cc(F)c(N2CC3(COC3)C2)c(F)c1. The summed E-state index contributed by atoms with van der Waals surface area (Å²) < 4.78 is 39.8. The molecular formula is C17H19F2N5O3. The summed E-state index contributed by atoms with van der Waals surface area (Å²) in [5.41, 5.74) is 5.80. The maximum absolute atomic E-state index is 14.6. The number of nitrogens with zero attached hydrogens (tertiary/aromatic N) is 3. The minimum Gasteiger partial charge on any atom is -0.442 e. The van der Waals surface area contributed by atoms with Crippen LogP contribution in [0.4, 0.5) is 25.0 Å². The summed E-state index contributed by atoms with van der Waals surface area (Å²) in [5.74, 6) is -1.35. The van der Waals surface area contributed by atoms with E-state index >= 15 is 0 Å². The molecule has 4 aliphatic rings. The lowest BCUT2D eigenvalue weighted by atomic mass is 9.77. The number of benzene rings is 1. The summed E-state index contributed by atoms with van der Waals surface area (Å²) in [4.78, 5) is 15.1. The molecule has 3 fully saturated rings. The van der Waals surface area contributed by atoms with E-state index in [1.165, 1.54) is 17.0 Å². The first-order chi connectivity index (χ1) is 13.0. The van der Waals surface area contributed by atoms with E-state index in [1.54, 1.807) is 22.3 Å². The zero-order valence-corrected chi connectivity index (χ0v) is 14.5. The van der Waals surface area contributed by atoms with Gasteiger partial charge in [0.05, 0.1) is 37.4 Å². The van der Waals surface area contributed by atoms with Crippen molar-refractivity contribution in [2.75, 3.05) is 49.2 Å². The number of nitrogens with one attached hydrogen (secondary N) is 2. The third-order valence-corrected chi connectivity index (χ3v) is 5.32. The molecule has 10 heteroatoms. The van der Waals surface area contributed by atoms with Gasteiger partial charge in [0.2, 0.25) is 0 Å². The maximum atomic E-state index is 14.6. The van der Waals surface area contributed by atoms with E-state index < -0.39 is 23.8 Å². The molecule has 0 unspecified atom stereocenters. The van der Waals surface area contributed by atoms with Crippen LogP contribution in [0.2, 0.25) is 0 Å². The maximum Gasteiger partial charge on any atom is 0.414 e. The fourth-order valence-corrected chi connectivity index (χ4v) is 3.94. The topological polar surface area (TPSA) is 69.3 Å². The van der Waals surface area contributed by atoms with Gasteiger partial charge in [0.25, 0.3) is 0 Å². The molecule has 1 amide bonds. The molecule has 1 atom stereocenters. The van der Waals surface area contributed by atoms with Gasteiger partial charge >= 0.3 is 6.09 Å². The highest BCUT2D eigenvalue weighted by Crippen LogP contribution is 2.42. The van der Waals surface area contributed by atoms with E-state index in [4.69, 9.17) is 9.47 Å². The van der Waals surface area contributed by atoms with E-state index in [9.17, 15) is 13.6 Å². The van der Waals surface area contributed by atoms with Crippen molar-refractivity contribution in [2.45, 2.75) is 6.10 Å². The number of rotatable bonds is 4.